The van der Waals surface area contributed by atoms with Crippen LogP contribution in [0.2, 0.25) is 0 Å². The van der Waals surface area contributed by atoms with Crippen LogP contribution in [0.15, 0.2) is 53.1 Å². The number of hydrogen-bond donors (Lipinski definition) is 1. The molecular formula is C33H36N2O4S. The maximum atomic E-state index is 13.0. The van der Waals surface area contributed by atoms with Crippen LogP contribution < -0.4 is 14.8 Å². The molecule has 6 nitrogen and oxygen atoms in total. The van der Waals surface area contributed by atoms with E-state index in [2.05, 4.69) is 57.1 Å². The molecule has 0 unspecified atom stereocenters. The van der Waals surface area contributed by atoms with Gasteiger partial charge in [-0.25, -0.2) is 4.98 Å². The predicted octanol–water partition coefficient (Wildman–Crippen LogP) is 8.06. The van der Waals surface area contributed by atoms with E-state index in [1.54, 1.807) is 12.3 Å². The van der Waals surface area contributed by atoms with Gasteiger partial charge in [0.2, 0.25) is 0 Å². The molecule has 1 N–H and O–H groups in total. The van der Waals surface area contributed by atoms with Gasteiger partial charge in [-0.2, -0.15) is 0 Å². The molecule has 7 heteroatoms. The lowest BCUT2D eigenvalue weighted by Gasteiger charge is -2.42. The Morgan fingerprint density at radius 2 is 1.68 bits per heavy atom. The fourth-order valence-corrected chi connectivity index (χ4v) is 6.49. The summed E-state index contributed by atoms with van der Waals surface area (Å²) in [6.45, 7) is 12.8. The standard InChI is InChI=1S/C33H36N2O4S/c1-20-15-24-25(33(4,5)12-11-32(24,2)3)17-22(20)16-23-8-10-27(39-23)30(36)35-31-34-19-29(40-31)21-7-9-26-28(18-21)38-14-6-13-37-26/h7-10,15,17-19H,6,11-14,16H2,1-5H3,(H,34,35,36). The van der Waals surface area contributed by atoms with E-state index in [1.807, 2.05) is 24.3 Å². The second kappa shape index (κ2) is 10.1. The fourth-order valence-electron chi connectivity index (χ4n) is 5.68. The number of furan rings is 1. The summed E-state index contributed by atoms with van der Waals surface area (Å²) in [4.78, 5) is 18.3. The fraction of sp³-hybridized carbons (Fsp3) is 0.394. The first-order valence-electron chi connectivity index (χ1n) is 14.0. The molecule has 3 heterocycles. The molecule has 40 heavy (non-hydrogen) atoms. The summed E-state index contributed by atoms with van der Waals surface area (Å²) < 4.78 is 17.6. The van der Waals surface area contributed by atoms with Gasteiger partial charge in [0.1, 0.15) is 5.76 Å². The summed E-state index contributed by atoms with van der Waals surface area (Å²) in [7, 11) is 0. The van der Waals surface area contributed by atoms with Crippen LogP contribution in [0.5, 0.6) is 11.5 Å². The topological polar surface area (TPSA) is 73.6 Å². The number of thiazole rings is 1. The Bertz CT molecular complexity index is 1580. The van der Waals surface area contributed by atoms with E-state index >= 15 is 0 Å². The maximum absolute atomic E-state index is 13.0. The van der Waals surface area contributed by atoms with E-state index < -0.39 is 0 Å². The lowest BCUT2D eigenvalue weighted by Crippen LogP contribution is -2.34. The monoisotopic (exact) mass is 556 g/mol. The highest BCUT2D eigenvalue weighted by Gasteiger charge is 2.37. The molecule has 0 fully saturated rings. The minimum Gasteiger partial charge on any atom is -0.490 e. The molecule has 2 aromatic heterocycles. The quantitative estimate of drug-likeness (QED) is 0.269. The molecule has 208 valence electrons. The summed E-state index contributed by atoms with van der Waals surface area (Å²) in [5, 5.41) is 3.40. The van der Waals surface area contributed by atoms with Crippen molar-refractivity contribution in [3.05, 3.63) is 82.4 Å². The first-order valence-corrected chi connectivity index (χ1v) is 14.8. The molecule has 6 rings (SSSR count). The Morgan fingerprint density at radius 1 is 0.950 bits per heavy atom. The van der Waals surface area contributed by atoms with Crippen molar-refractivity contribution in [3.8, 4) is 21.9 Å². The molecule has 4 aromatic rings. The van der Waals surface area contributed by atoms with Crippen molar-refractivity contribution in [2.45, 2.75) is 71.1 Å². The highest BCUT2D eigenvalue weighted by atomic mass is 32.1. The van der Waals surface area contributed by atoms with E-state index in [4.69, 9.17) is 13.9 Å². The van der Waals surface area contributed by atoms with Gasteiger partial charge in [0.15, 0.2) is 22.4 Å². The van der Waals surface area contributed by atoms with Crippen molar-refractivity contribution in [1.29, 1.82) is 0 Å². The van der Waals surface area contributed by atoms with E-state index in [0.29, 0.717) is 24.8 Å². The maximum Gasteiger partial charge on any atom is 0.293 e. The van der Waals surface area contributed by atoms with Gasteiger partial charge in [-0.1, -0.05) is 51.2 Å². The number of nitrogens with zero attached hydrogens (tertiary/aromatic N) is 1. The third kappa shape index (κ3) is 5.15. The molecule has 0 saturated carbocycles. The summed E-state index contributed by atoms with van der Waals surface area (Å²) in [6.07, 6.45) is 5.63. The molecule has 0 radical (unpaired) electrons. The number of benzene rings is 2. The molecule has 2 aliphatic rings. The van der Waals surface area contributed by atoms with Crippen LogP contribution in [0.1, 0.15) is 85.5 Å². The lowest BCUT2D eigenvalue weighted by atomic mass is 9.62. The van der Waals surface area contributed by atoms with Gasteiger partial charge in [0.05, 0.1) is 18.1 Å². The van der Waals surface area contributed by atoms with E-state index in [-0.39, 0.29) is 22.5 Å². The van der Waals surface area contributed by atoms with Crippen molar-refractivity contribution in [1.82, 2.24) is 4.98 Å². The van der Waals surface area contributed by atoms with Crippen molar-refractivity contribution >= 4 is 22.4 Å². The number of nitrogens with one attached hydrogen (secondary N) is 1. The zero-order valence-corrected chi connectivity index (χ0v) is 24.7. The average molecular weight is 557 g/mol. The Morgan fingerprint density at radius 3 is 2.45 bits per heavy atom. The minimum absolute atomic E-state index is 0.146. The van der Waals surface area contributed by atoms with E-state index in [0.717, 1.165) is 34.1 Å². The zero-order valence-electron chi connectivity index (χ0n) is 23.8. The average Bonchev–Trinajstić information content (AvgIpc) is 3.52. The number of ether oxygens (including phenoxy) is 2. The number of anilines is 1. The van der Waals surface area contributed by atoms with Crippen LogP contribution in [-0.4, -0.2) is 24.1 Å². The van der Waals surface area contributed by atoms with Gasteiger partial charge in [-0.15, -0.1) is 0 Å². The molecule has 2 aromatic carbocycles. The molecule has 0 spiro atoms. The van der Waals surface area contributed by atoms with Crippen LogP contribution in [0.3, 0.4) is 0 Å². The van der Waals surface area contributed by atoms with Crippen molar-refractivity contribution in [3.63, 3.8) is 0 Å². The summed E-state index contributed by atoms with van der Waals surface area (Å²) in [5.41, 5.74) is 6.69. The lowest BCUT2D eigenvalue weighted by molar-refractivity contribution is 0.0995. The third-order valence-electron chi connectivity index (χ3n) is 8.32. The molecule has 1 amide bonds. The summed E-state index contributed by atoms with van der Waals surface area (Å²) in [5.74, 6) is 2.23. The largest absolute Gasteiger partial charge is 0.490 e. The van der Waals surface area contributed by atoms with E-state index in [9.17, 15) is 4.79 Å². The first kappa shape index (κ1) is 26.6. The second-order valence-corrected chi connectivity index (χ2v) is 13.3. The van der Waals surface area contributed by atoms with Crippen molar-refractivity contribution in [2.75, 3.05) is 18.5 Å². The number of rotatable bonds is 5. The molecule has 0 bridgehead atoms. The number of hydrogen-bond acceptors (Lipinski definition) is 6. The Balaban J connectivity index is 1.16. The summed E-state index contributed by atoms with van der Waals surface area (Å²) >= 11 is 1.41. The highest BCUT2D eigenvalue weighted by Crippen LogP contribution is 2.46. The highest BCUT2D eigenvalue weighted by molar-refractivity contribution is 7.19. The number of amides is 1. The molecule has 0 saturated heterocycles. The number of carbonyl (C=O) groups is 1. The zero-order chi connectivity index (χ0) is 28.1. The van der Waals surface area contributed by atoms with Gasteiger partial charge in [-0.05, 0) is 88.7 Å². The Kier molecular flexibility index (Phi) is 6.73. The number of aromatic nitrogens is 1. The molecule has 1 aliphatic carbocycles. The molecular weight excluding hydrogens is 520 g/mol. The Hall–Kier alpha value is -3.58. The van der Waals surface area contributed by atoms with Crippen molar-refractivity contribution < 1.29 is 18.7 Å². The predicted molar refractivity (Wildman–Crippen MR) is 159 cm³/mol. The number of carbonyl (C=O) groups excluding carboxylic acids is 1. The third-order valence-corrected chi connectivity index (χ3v) is 9.28. The summed E-state index contributed by atoms with van der Waals surface area (Å²) in [6, 6.07) is 14.2. The molecule has 0 atom stereocenters. The number of fused-ring (bicyclic) bond motifs is 2. The normalized spacial score (nSPS) is 17.1. The Labute approximate surface area is 239 Å². The van der Waals surface area contributed by atoms with Crippen LogP contribution >= 0.6 is 11.3 Å². The van der Waals surface area contributed by atoms with Crippen molar-refractivity contribution in [2.24, 2.45) is 0 Å². The van der Waals surface area contributed by atoms with Gasteiger partial charge < -0.3 is 13.9 Å². The van der Waals surface area contributed by atoms with E-state index in [1.165, 1.54) is 46.4 Å². The van der Waals surface area contributed by atoms with Crippen LogP contribution in [0.4, 0.5) is 5.13 Å². The second-order valence-electron chi connectivity index (χ2n) is 12.2. The first-order chi connectivity index (χ1) is 19.1. The van der Waals surface area contributed by atoms with Crippen LogP contribution in [0, 0.1) is 6.92 Å². The molecule has 1 aliphatic heterocycles. The number of aryl methyl sites for hydroxylation is 1. The van der Waals surface area contributed by atoms with Gasteiger partial charge in [0, 0.05) is 19.0 Å². The minimum atomic E-state index is -0.309. The smallest absolute Gasteiger partial charge is 0.293 e. The van der Waals surface area contributed by atoms with Gasteiger partial charge in [-0.3, -0.25) is 10.1 Å². The van der Waals surface area contributed by atoms with Crippen LogP contribution in [-0.2, 0) is 17.3 Å². The van der Waals surface area contributed by atoms with Gasteiger partial charge in [0.25, 0.3) is 5.91 Å². The van der Waals surface area contributed by atoms with Gasteiger partial charge >= 0.3 is 0 Å². The SMILES string of the molecule is Cc1cc2c(cc1Cc1ccc(C(=O)Nc3ncc(-c4ccc5c(c4)OCCCO5)s3)o1)C(C)(C)CCC2(C)C. The van der Waals surface area contributed by atoms with Crippen LogP contribution in [0.25, 0.3) is 10.4 Å².